The van der Waals surface area contributed by atoms with Crippen LogP contribution in [0.15, 0.2) is 21.2 Å². The molecule has 0 fully saturated rings. The Morgan fingerprint density at radius 1 is 1.00 bits per heavy atom. The van der Waals surface area contributed by atoms with Gasteiger partial charge in [0, 0.05) is 29.6 Å². The molecular weight excluding hydrogens is 372 g/mol. The molecule has 0 bridgehead atoms. The lowest BCUT2D eigenvalue weighted by Crippen LogP contribution is -2.35. The third-order valence-electron chi connectivity index (χ3n) is 4.55. The first-order chi connectivity index (χ1) is 11.4. The molecule has 0 aliphatic rings. The molecule has 0 aliphatic carbocycles. The summed E-state index contributed by atoms with van der Waals surface area (Å²) < 4.78 is 6.77. The fourth-order valence-electron chi connectivity index (χ4n) is 2.96. The minimum Gasteiger partial charge on any atom is -0.296 e. The number of hydrogen-bond acceptors (Lipinski definition) is 4. The van der Waals surface area contributed by atoms with E-state index < -0.39 is 0 Å². The molecule has 0 aliphatic heterocycles. The Kier molecular flexibility index (Phi) is 5.02. The van der Waals surface area contributed by atoms with Gasteiger partial charge in [0.15, 0.2) is 9.65 Å². The highest BCUT2D eigenvalue weighted by atomic mass is 32.2. The number of thiazole rings is 2. The molecule has 0 saturated carbocycles. The summed E-state index contributed by atoms with van der Waals surface area (Å²) in [4.78, 5) is 0. The molecule has 0 saturated heterocycles. The maximum Gasteiger partial charge on any atom is 0.303 e. The second kappa shape index (κ2) is 6.75. The minimum atomic E-state index is 0.905. The summed E-state index contributed by atoms with van der Waals surface area (Å²) in [6, 6.07) is 2.30. The smallest absolute Gasteiger partial charge is 0.296 e. The Balaban J connectivity index is 2.38. The highest BCUT2D eigenvalue weighted by Crippen LogP contribution is 2.30. The predicted octanol–water partition coefficient (Wildman–Crippen LogP) is 5.87. The molecule has 2 aromatic heterocycles. The van der Waals surface area contributed by atoms with Gasteiger partial charge in [-0.2, -0.15) is 0 Å². The number of hydrogen-bond donors (Lipinski definition) is 0. The lowest BCUT2D eigenvalue weighted by molar-refractivity contribution is -0.635. The third-order valence-corrected chi connectivity index (χ3v) is 8.03. The standard InChI is InChI=1S/C18H21N2S4/c1-10-8-23-17(21)19(10)15-7-16(14(5)12(3)13(15)4)20-11(2)9-24-18(20)22-6/h7-9H,1-6H3/q+1. The third kappa shape index (κ3) is 2.79. The Bertz CT molecular complexity index is 976. The average Bonchev–Trinajstić information content (AvgIpc) is 3.09. The van der Waals surface area contributed by atoms with E-state index in [-0.39, 0.29) is 0 Å². The van der Waals surface area contributed by atoms with Crippen LogP contribution < -0.4 is 4.57 Å². The number of nitrogens with zero attached hydrogens (tertiary/aromatic N) is 2. The predicted molar refractivity (Wildman–Crippen MR) is 109 cm³/mol. The molecule has 1 aromatic carbocycles. The average molecular weight is 394 g/mol. The van der Waals surface area contributed by atoms with Gasteiger partial charge in [-0.15, -0.1) is 15.9 Å². The lowest BCUT2D eigenvalue weighted by Gasteiger charge is -2.15. The van der Waals surface area contributed by atoms with Crippen LogP contribution >= 0.6 is 46.7 Å². The van der Waals surface area contributed by atoms with Crippen molar-refractivity contribution in [2.45, 2.75) is 39.0 Å². The molecule has 0 spiro atoms. The number of aryl methyl sites for hydroxylation is 2. The molecule has 3 aromatic rings. The molecule has 0 N–H and O–H groups in total. The van der Waals surface area contributed by atoms with E-state index in [1.165, 1.54) is 43.8 Å². The molecule has 0 amide bonds. The molecule has 0 unspecified atom stereocenters. The van der Waals surface area contributed by atoms with Gasteiger partial charge in [0.05, 0.1) is 11.1 Å². The van der Waals surface area contributed by atoms with E-state index in [0.29, 0.717) is 0 Å². The summed E-state index contributed by atoms with van der Waals surface area (Å²) in [7, 11) is 0. The van der Waals surface area contributed by atoms with Crippen LogP contribution in [0.4, 0.5) is 0 Å². The van der Waals surface area contributed by atoms with Gasteiger partial charge in [-0.1, -0.05) is 11.3 Å². The topological polar surface area (TPSA) is 8.81 Å². The molecular formula is C18H21N2S4+. The Labute approximate surface area is 160 Å². The first kappa shape index (κ1) is 17.9. The van der Waals surface area contributed by atoms with Crippen LogP contribution in [0.25, 0.3) is 11.4 Å². The van der Waals surface area contributed by atoms with Gasteiger partial charge in [0.1, 0.15) is 0 Å². The van der Waals surface area contributed by atoms with Crippen molar-refractivity contribution in [1.29, 1.82) is 0 Å². The first-order valence-electron chi connectivity index (χ1n) is 7.69. The van der Waals surface area contributed by atoms with Crippen molar-refractivity contribution < 1.29 is 4.57 Å². The van der Waals surface area contributed by atoms with Crippen molar-refractivity contribution in [3.05, 3.63) is 48.9 Å². The molecule has 6 heteroatoms. The summed E-state index contributed by atoms with van der Waals surface area (Å²) >= 11 is 10.8. The minimum absolute atomic E-state index is 0.905. The van der Waals surface area contributed by atoms with Crippen molar-refractivity contribution in [3.63, 3.8) is 0 Å². The van der Waals surface area contributed by atoms with E-state index >= 15 is 0 Å². The fourth-order valence-corrected chi connectivity index (χ4v) is 5.75. The maximum absolute atomic E-state index is 5.58. The zero-order chi connectivity index (χ0) is 17.6. The SMILES string of the molecule is CSc1scc(C)[n+]1-c1cc(-n2c(C)csc2=S)c(C)c(C)c1C. The molecule has 24 heavy (non-hydrogen) atoms. The van der Waals surface area contributed by atoms with E-state index in [1.807, 2.05) is 0 Å². The lowest BCUT2D eigenvalue weighted by atomic mass is 10.00. The van der Waals surface area contributed by atoms with E-state index in [0.717, 1.165) is 3.95 Å². The Hall–Kier alpha value is -0.950. The van der Waals surface area contributed by atoms with Crippen LogP contribution in [0.2, 0.25) is 0 Å². The summed E-state index contributed by atoms with van der Waals surface area (Å²) in [5.74, 6) is 0. The number of aromatic nitrogens is 2. The van der Waals surface area contributed by atoms with Crippen molar-refractivity contribution >= 4 is 46.7 Å². The normalized spacial score (nSPS) is 11.2. The summed E-state index contributed by atoms with van der Waals surface area (Å²) in [5.41, 5.74) is 8.88. The highest BCUT2D eigenvalue weighted by Gasteiger charge is 2.25. The molecule has 0 radical (unpaired) electrons. The van der Waals surface area contributed by atoms with Gasteiger partial charge in [0.2, 0.25) is 5.69 Å². The zero-order valence-electron chi connectivity index (χ0n) is 14.8. The number of thioether (sulfide) groups is 1. The van der Waals surface area contributed by atoms with Crippen molar-refractivity contribution in [2.75, 3.05) is 6.26 Å². The Morgan fingerprint density at radius 3 is 2.29 bits per heavy atom. The van der Waals surface area contributed by atoms with Crippen LogP contribution in [0.3, 0.4) is 0 Å². The molecule has 2 heterocycles. The zero-order valence-corrected chi connectivity index (χ0v) is 18.0. The maximum atomic E-state index is 5.58. The van der Waals surface area contributed by atoms with Crippen LogP contribution in [0, 0.1) is 38.6 Å². The van der Waals surface area contributed by atoms with E-state index in [2.05, 4.69) is 66.8 Å². The van der Waals surface area contributed by atoms with Crippen molar-refractivity contribution in [3.8, 4) is 11.4 Å². The van der Waals surface area contributed by atoms with Crippen LogP contribution in [-0.2, 0) is 0 Å². The highest BCUT2D eigenvalue weighted by molar-refractivity contribution is 8.00. The molecule has 2 nitrogen and oxygen atoms in total. The van der Waals surface area contributed by atoms with E-state index in [9.17, 15) is 0 Å². The molecule has 0 atom stereocenters. The quantitative estimate of drug-likeness (QED) is 0.312. The van der Waals surface area contributed by atoms with E-state index in [4.69, 9.17) is 12.2 Å². The fraction of sp³-hybridized carbons (Fsp3) is 0.333. The summed E-state index contributed by atoms with van der Waals surface area (Å²) in [6.45, 7) is 10.9. The second-order valence-electron chi connectivity index (χ2n) is 5.95. The largest absolute Gasteiger partial charge is 0.303 e. The van der Waals surface area contributed by atoms with Crippen LogP contribution in [-0.4, -0.2) is 10.8 Å². The summed E-state index contributed by atoms with van der Waals surface area (Å²) in [6.07, 6.45) is 2.14. The van der Waals surface area contributed by atoms with E-state index in [1.54, 1.807) is 34.4 Å². The van der Waals surface area contributed by atoms with Crippen molar-refractivity contribution in [2.24, 2.45) is 0 Å². The van der Waals surface area contributed by atoms with Gasteiger partial charge >= 0.3 is 4.34 Å². The number of benzene rings is 1. The molecule has 126 valence electrons. The van der Waals surface area contributed by atoms with Gasteiger partial charge < -0.3 is 0 Å². The summed E-state index contributed by atoms with van der Waals surface area (Å²) in [5, 5.41) is 4.36. The van der Waals surface area contributed by atoms with Gasteiger partial charge in [-0.25, -0.2) is 0 Å². The second-order valence-corrected chi connectivity index (χ2v) is 9.37. The van der Waals surface area contributed by atoms with Crippen LogP contribution in [0.5, 0.6) is 0 Å². The Morgan fingerprint density at radius 2 is 1.71 bits per heavy atom. The van der Waals surface area contributed by atoms with Crippen molar-refractivity contribution in [1.82, 2.24) is 4.57 Å². The van der Waals surface area contributed by atoms with Crippen LogP contribution in [0.1, 0.15) is 28.1 Å². The number of rotatable bonds is 3. The first-order valence-corrected chi connectivity index (χ1v) is 11.1. The molecule has 3 rings (SSSR count). The van der Waals surface area contributed by atoms with Gasteiger partial charge in [-0.3, -0.25) is 4.57 Å². The monoisotopic (exact) mass is 393 g/mol. The van der Waals surface area contributed by atoms with Gasteiger partial charge in [-0.05, 0) is 69.1 Å². The van der Waals surface area contributed by atoms with Gasteiger partial charge in [0.25, 0.3) is 0 Å².